The molecule has 2 heterocycles. The number of aryl methyl sites for hydroxylation is 1. The monoisotopic (exact) mass is 262 g/mol. The molecule has 0 aliphatic heterocycles. The number of aliphatic hydroxyl groups is 1. The third-order valence-corrected chi connectivity index (χ3v) is 3.69. The first-order chi connectivity index (χ1) is 8.69. The molecule has 0 unspecified atom stereocenters. The number of aromatic nitrogens is 2. The van der Waals surface area contributed by atoms with E-state index >= 15 is 0 Å². The van der Waals surface area contributed by atoms with Crippen molar-refractivity contribution in [3.63, 3.8) is 0 Å². The van der Waals surface area contributed by atoms with Gasteiger partial charge in [-0.15, -0.1) is 11.3 Å². The minimum atomic E-state index is -0.377. The van der Waals surface area contributed by atoms with Gasteiger partial charge in [-0.1, -0.05) is 0 Å². The number of rotatable bonds is 2. The van der Waals surface area contributed by atoms with Gasteiger partial charge in [0.25, 0.3) is 0 Å². The molecular weight excluding hydrogens is 252 g/mol. The van der Waals surface area contributed by atoms with Crippen LogP contribution in [0, 0.1) is 0 Å². The summed E-state index contributed by atoms with van der Waals surface area (Å²) in [4.78, 5) is 15.7. The Balaban J connectivity index is 2.16. The van der Waals surface area contributed by atoms with Crippen LogP contribution in [0.15, 0.2) is 32.8 Å². The first-order valence-corrected chi connectivity index (χ1v) is 6.22. The molecular formula is C12H10N2O3S. The van der Waals surface area contributed by atoms with Gasteiger partial charge in [-0.3, -0.25) is 4.57 Å². The van der Waals surface area contributed by atoms with E-state index in [-0.39, 0.29) is 12.4 Å². The SMILES string of the molecule is Cn1c(=O)oc2cc(-c3nc(CO)cs3)ccc21. The molecule has 0 bridgehead atoms. The van der Waals surface area contributed by atoms with Gasteiger partial charge in [0.2, 0.25) is 0 Å². The number of aliphatic hydroxyl groups excluding tert-OH is 1. The first kappa shape index (κ1) is 11.2. The van der Waals surface area contributed by atoms with Crippen molar-refractivity contribution in [2.75, 3.05) is 0 Å². The topological polar surface area (TPSA) is 68.3 Å². The van der Waals surface area contributed by atoms with Crippen LogP contribution in [0.4, 0.5) is 0 Å². The average molecular weight is 262 g/mol. The van der Waals surface area contributed by atoms with E-state index in [9.17, 15) is 4.79 Å². The lowest BCUT2D eigenvalue weighted by atomic mass is 10.2. The molecule has 0 radical (unpaired) electrons. The van der Waals surface area contributed by atoms with Crippen molar-refractivity contribution < 1.29 is 9.52 Å². The van der Waals surface area contributed by atoms with Crippen LogP contribution in [0.3, 0.4) is 0 Å². The Morgan fingerprint density at radius 2 is 2.33 bits per heavy atom. The van der Waals surface area contributed by atoms with Crippen molar-refractivity contribution >= 4 is 22.4 Å². The first-order valence-electron chi connectivity index (χ1n) is 5.34. The Bertz CT molecular complexity index is 769. The van der Waals surface area contributed by atoms with Crippen molar-refractivity contribution in [2.24, 2.45) is 7.05 Å². The summed E-state index contributed by atoms with van der Waals surface area (Å²) in [6.07, 6.45) is 0. The van der Waals surface area contributed by atoms with E-state index in [0.29, 0.717) is 11.3 Å². The molecule has 3 aromatic rings. The number of nitrogens with zero attached hydrogens (tertiary/aromatic N) is 2. The normalized spacial score (nSPS) is 11.2. The van der Waals surface area contributed by atoms with Gasteiger partial charge in [-0.05, 0) is 18.2 Å². The lowest BCUT2D eigenvalue weighted by Gasteiger charge is -1.96. The Hall–Kier alpha value is -1.92. The smallest absolute Gasteiger partial charge is 0.408 e. The summed E-state index contributed by atoms with van der Waals surface area (Å²) in [6, 6.07) is 5.50. The largest absolute Gasteiger partial charge is 0.419 e. The molecule has 0 aliphatic rings. The standard InChI is InChI=1S/C12H10N2O3S/c1-14-9-3-2-7(4-10(9)17-12(14)16)11-13-8(5-15)6-18-11/h2-4,6,15H,5H2,1H3. The Morgan fingerprint density at radius 1 is 1.50 bits per heavy atom. The molecule has 5 nitrogen and oxygen atoms in total. The highest BCUT2D eigenvalue weighted by molar-refractivity contribution is 7.13. The van der Waals surface area contributed by atoms with Gasteiger partial charge in [-0.25, -0.2) is 9.78 Å². The number of oxazole rings is 1. The molecule has 1 N–H and O–H groups in total. The quantitative estimate of drug-likeness (QED) is 0.764. The summed E-state index contributed by atoms with van der Waals surface area (Å²) in [6.45, 7) is -0.0703. The summed E-state index contributed by atoms with van der Waals surface area (Å²) in [5.41, 5.74) is 2.81. The fourth-order valence-corrected chi connectivity index (χ4v) is 2.59. The maximum absolute atomic E-state index is 11.4. The number of fused-ring (bicyclic) bond motifs is 1. The number of benzene rings is 1. The Morgan fingerprint density at radius 3 is 3.06 bits per heavy atom. The van der Waals surface area contributed by atoms with Crippen molar-refractivity contribution in [2.45, 2.75) is 6.61 Å². The zero-order valence-electron chi connectivity index (χ0n) is 9.58. The molecule has 0 fully saturated rings. The van der Waals surface area contributed by atoms with E-state index in [2.05, 4.69) is 4.98 Å². The van der Waals surface area contributed by atoms with Gasteiger partial charge in [-0.2, -0.15) is 0 Å². The van der Waals surface area contributed by atoms with Crippen molar-refractivity contribution in [1.82, 2.24) is 9.55 Å². The zero-order valence-corrected chi connectivity index (χ0v) is 10.4. The summed E-state index contributed by atoms with van der Waals surface area (Å²) < 4.78 is 6.59. The molecule has 2 aromatic heterocycles. The second-order valence-electron chi connectivity index (χ2n) is 3.91. The molecule has 0 aliphatic carbocycles. The summed E-state index contributed by atoms with van der Waals surface area (Å²) in [5, 5.41) is 11.6. The highest BCUT2D eigenvalue weighted by atomic mass is 32.1. The van der Waals surface area contributed by atoms with E-state index in [4.69, 9.17) is 9.52 Å². The number of hydrogen-bond acceptors (Lipinski definition) is 5. The van der Waals surface area contributed by atoms with Gasteiger partial charge in [0.1, 0.15) is 5.01 Å². The van der Waals surface area contributed by atoms with Crippen LogP contribution >= 0.6 is 11.3 Å². The van der Waals surface area contributed by atoms with E-state index in [1.54, 1.807) is 18.5 Å². The molecule has 0 saturated carbocycles. The van der Waals surface area contributed by atoms with Gasteiger partial charge < -0.3 is 9.52 Å². The minimum absolute atomic E-state index is 0.0703. The van der Waals surface area contributed by atoms with Gasteiger partial charge in [0.15, 0.2) is 5.58 Å². The van der Waals surface area contributed by atoms with Crippen LogP contribution in [0.5, 0.6) is 0 Å². The third-order valence-electron chi connectivity index (χ3n) is 2.75. The van der Waals surface area contributed by atoms with Gasteiger partial charge >= 0.3 is 5.76 Å². The summed E-state index contributed by atoms with van der Waals surface area (Å²) in [7, 11) is 1.67. The average Bonchev–Trinajstić information content (AvgIpc) is 2.95. The second kappa shape index (κ2) is 4.08. The minimum Gasteiger partial charge on any atom is -0.408 e. The highest BCUT2D eigenvalue weighted by Crippen LogP contribution is 2.26. The van der Waals surface area contributed by atoms with Gasteiger partial charge in [0, 0.05) is 18.0 Å². The van der Waals surface area contributed by atoms with Crippen molar-refractivity contribution in [3.8, 4) is 10.6 Å². The predicted octanol–water partition coefficient (Wildman–Crippen LogP) is 1.75. The molecule has 0 spiro atoms. The zero-order chi connectivity index (χ0) is 12.7. The molecule has 1 aromatic carbocycles. The van der Waals surface area contributed by atoms with E-state index in [0.717, 1.165) is 16.1 Å². The molecule has 0 saturated heterocycles. The van der Waals surface area contributed by atoms with Crippen LogP contribution in [-0.2, 0) is 13.7 Å². The number of thiazole rings is 1. The van der Waals surface area contributed by atoms with Crippen molar-refractivity contribution in [1.29, 1.82) is 0 Å². The molecule has 3 rings (SSSR count). The highest BCUT2D eigenvalue weighted by Gasteiger charge is 2.09. The van der Waals surface area contributed by atoms with Crippen LogP contribution in [0.1, 0.15) is 5.69 Å². The van der Waals surface area contributed by atoms with Crippen LogP contribution in [0.2, 0.25) is 0 Å². The van der Waals surface area contributed by atoms with Gasteiger partial charge in [0.05, 0.1) is 17.8 Å². The Labute approximate surface area is 106 Å². The lowest BCUT2D eigenvalue weighted by molar-refractivity contribution is 0.278. The van der Waals surface area contributed by atoms with E-state index < -0.39 is 0 Å². The van der Waals surface area contributed by atoms with Crippen LogP contribution in [0.25, 0.3) is 21.7 Å². The third kappa shape index (κ3) is 1.66. The van der Waals surface area contributed by atoms with E-state index in [1.807, 2.05) is 12.1 Å². The summed E-state index contributed by atoms with van der Waals surface area (Å²) in [5.74, 6) is -0.377. The summed E-state index contributed by atoms with van der Waals surface area (Å²) >= 11 is 1.45. The second-order valence-corrected chi connectivity index (χ2v) is 4.77. The van der Waals surface area contributed by atoms with E-state index in [1.165, 1.54) is 15.9 Å². The van der Waals surface area contributed by atoms with Crippen molar-refractivity contribution in [3.05, 3.63) is 39.8 Å². The molecule has 0 amide bonds. The predicted molar refractivity (Wildman–Crippen MR) is 68.5 cm³/mol. The van der Waals surface area contributed by atoms with Crippen LogP contribution < -0.4 is 5.76 Å². The molecule has 18 heavy (non-hydrogen) atoms. The maximum atomic E-state index is 11.4. The maximum Gasteiger partial charge on any atom is 0.419 e. The molecule has 6 heteroatoms. The Kier molecular flexibility index (Phi) is 2.53. The fourth-order valence-electron chi connectivity index (χ4n) is 1.78. The molecule has 0 atom stereocenters. The molecule has 92 valence electrons. The van der Waals surface area contributed by atoms with Crippen LogP contribution in [-0.4, -0.2) is 14.7 Å². The lowest BCUT2D eigenvalue weighted by Crippen LogP contribution is -2.08. The number of hydrogen-bond donors (Lipinski definition) is 1. The fraction of sp³-hybridized carbons (Fsp3) is 0.167.